The highest BCUT2D eigenvalue weighted by atomic mass is 16.7. The fourth-order valence-electron chi connectivity index (χ4n) is 2.72. The van der Waals surface area contributed by atoms with Crippen LogP contribution in [0.2, 0.25) is 0 Å². The van der Waals surface area contributed by atoms with Gasteiger partial charge < -0.3 is 14.8 Å². The van der Waals surface area contributed by atoms with Gasteiger partial charge in [-0.05, 0) is 36.1 Å². The van der Waals surface area contributed by atoms with E-state index >= 15 is 0 Å². The lowest BCUT2D eigenvalue weighted by atomic mass is 10.0. The molecule has 0 aromatic heterocycles. The number of hydrogen-bond donors (Lipinski definition) is 2. The fraction of sp³-hybridized carbons (Fsp3) is 0.286. The van der Waals surface area contributed by atoms with Crippen LogP contribution in [0.5, 0.6) is 11.5 Å². The summed E-state index contributed by atoms with van der Waals surface area (Å²) in [5.41, 5.74) is 4.67. The number of amides is 2. The minimum atomic E-state index is -0.397. The summed E-state index contributed by atoms with van der Waals surface area (Å²) in [6.07, 6.45) is 0.730. The maximum atomic E-state index is 12.2. The zero-order valence-corrected chi connectivity index (χ0v) is 15.9. The molecule has 3 rings (SSSR count). The Morgan fingerprint density at radius 2 is 1.79 bits per heavy atom. The van der Waals surface area contributed by atoms with Crippen molar-refractivity contribution in [2.45, 2.75) is 20.3 Å². The predicted molar refractivity (Wildman–Crippen MR) is 105 cm³/mol. The summed E-state index contributed by atoms with van der Waals surface area (Å²) in [5, 5.41) is 6.84. The molecule has 0 atom stereocenters. The molecule has 0 spiro atoms. The van der Waals surface area contributed by atoms with Crippen LogP contribution in [0.3, 0.4) is 0 Å². The number of carbonyl (C=O) groups excluding carboxylic acids is 2. The van der Waals surface area contributed by atoms with Crippen LogP contribution < -0.4 is 20.2 Å². The second-order valence-corrected chi connectivity index (χ2v) is 6.81. The second kappa shape index (κ2) is 9.03. The van der Waals surface area contributed by atoms with Gasteiger partial charge in [0, 0.05) is 5.56 Å². The Hall–Kier alpha value is -3.35. The van der Waals surface area contributed by atoms with Crippen LogP contribution in [-0.4, -0.2) is 30.9 Å². The molecule has 2 aromatic rings. The number of carbonyl (C=O) groups is 2. The largest absolute Gasteiger partial charge is 0.454 e. The first-order chi connectivity index (χ1) is 13.5. The molecule has 0 bridgehead atoms. The van der Waals surface area contributed by atoms with Crippen molar-refractivity contribution in [1.82, 2.24) is 10.7 Å². The van der Waals surface area contributed by atoms with E-state index in [0.717, 1.165) is 17.7 Å². The first-order valence-electron chi connectivity index (χ1n) is 9.11. The number of rotatable bonds is 7. The van der Waals surface area contributed by atoms with Gasteiger partial charge in [-0.25, -0.2) is 5.43 Å². The molecule has 2 amide bonds. The van der Waals surface area contributed by atoms with Gasteiger partial charge in [0.25, 0.3) is 11.8 Å². The zero-order chi connectivity index (χ0) is 19.9. The number of benzene rings is 2. The summed E-state index contributed by atoms with van der Waals surface area (Å²) in [5.74, 6) is 0.737. The van der Waals surface area contributed by atoms with Gasteiger partial charge >= 0.3 is 0 Å². The highest BCUT2D eigenvalue weighted by molar-refractivity contribution is 6.01. The van der Waals surface area contributed by atoms with E-state index in [0.29, 0.717) is 23.0 Å². The Morgan fingerprint density at radius 1 is 1.04 bits per heavy atom. The molecule has 1 heterocycles. The molecule has 1 aliphatic rings. The zero-order valence-electron chi connectivity index (χ0n) is 15.9. The first kappa shape index (κ1) is 19.4. The topological polar surface area (TPSA) is 89.0 Å². The Bertz CT molecular complexity index is 878. The van der Waals surface area contributed by atoms with Gasteiger partial charge in [-0.2, -0.15) is 5.10 Å². The number of nitrogens with zero attached hydrogens (tertiary/aromatic N) is 1. The van der Waals surface area contributed by atoms with Crippen molar-refractivity contribution in [1.29, 1.82) is 0 Å². The van der Waals surface area contributed by atoms with Crippen LogP contribution >= 0.6 is 0 Å². The van der Waals surface area contributed by atoms with E-state index in [1.807, 2.05) is 30.3 Å². The van der Waals surface area contributed by atoms with Crippen LogP contribution in [0.25, 0.3) is 0 Å². The number of nitrogens with one attached hydrogen (secondary N) is 2. The molecule has 0 fully saturated rings. The van der Waals surface area contributed by atoms with Crippen molar-refractivity contribution in [3.05, 3.63) is 59.7 Å². The molecule has 28 heavy (non-hydrogen) atoms. The summed E-state index contributed by atoms with van der Waals surface area (Å²) in [6.45, 7) is 4.14. The van der Waals surface area contributed by atoms with Crippen LogP contribution in [0.15, 0.2) is 53.6 Å². The van der Waals surface area contributed by atoms with Crippen molar-refractivity contribution in [2.75, 3.05) is 13.3 Å². The van der Waals surface area contributed by atoms with Crippen molar-refractivity contribution in [3.63, 3.8) is 0 Å². The van der Waals surface area contributed by atoms with Crippen molar-refractivity contribution in [2.24, 2.45) is 11.0 Å². The van der Waals surface area contributed by atoms with Crippen LogP contribution in [0.1, 0.15) is 36.2 Å². The van der Waals surface area contributed by atoms with Gasteiger partial charge in [0.1, 0.15) is 0 Å². The van der Waals surface area contributed by atoms with E-state index in [1.165, 1.54) is 0 Å². The lowest BCUT2D eigenvalue weighted by Crippen LogP contribution is -2.35. The number of hydrazone groups is 1. The van der Waals surface area contributed by atoms with Crippen molar-refractivity contribution >= 4 is 17.5 Å². The van der Waals surface area contributed by atoms with Crippen LogP contribution in [-0.2, 0) is 4.79 Å². The second-order valence-electron chi connectivity index (χ2n) is 6.81. The van der Waals surface area contributed by atoms with E-state index in [-0.39, 0.29) is 19.2 Å². The molecule has 0 radical (unpaired) electrons. The maximum absolute atomic E-state index is 12.2. The summed E-state index contributed by atoms with van der Waals surface area (Å²) in [4.78, 5) is 24.3. The average molecular weight is 381 g/mol. The average Bonchev–Trinajstić information content (AvgIpc) is 3.17. The molecule has 7 nitrogen and oxygen atoms in total. The first-order valence-corrected chi connectivity index (χ1v) is 9.11. The molecule has 1 aliphatic heterocycles. The van der Waals surface area contributed by atoms with Gasteiger partial charge in [0.15, 0.2) is 11.5 Å². The molecule has 2 aromatic carbocycles. The van der Waals surface area contributed by atoms with Crippen molar-refractivity contribution in [3.8, 4) is 11.5 Å². The molecule has 146 valence electrons. The number of fused-ring (bicyclic) bond motifs is 1. The molecular formula is C21H23N3O4. The highest BCUT2D eigenvalue weighted by Gasteiger charge is 2.16. The molecule has 0 saturated carbocycles. The minimum Gasteiger partial charge on any atom is -0.454 e. The van der Waals surface area contributed by atoms with E-state index in [1.54, 1.807) is 18.2 Å². The number of ether oxygens (including phenoxy) is 2. The number of hydrogen-bond acceptors (Lipinski definition) is 5. The SMILES string of the molecule is CC(C)C/C(=N/NC(=O)CNC(=O)c1ccc2c(c1)OCO2)c1ccccc1. The Kier molecular flexibility index (Phi) is 6.26. The third-order valence-electron chi connectivity index (χ3n) is 4.07. The van der Waals surface area contributed by atoms with Gasteiger partial charge in [-0.15, -0.1) is 0 Å². The van der Waals surface area contributed by atoms with E-state index in [9.17, 15) is 9.59 Å². The van der Waals surface area contributed by atoms with E-state index in [4.69, 9.17) is 9.47 Å². The highest BCUT2D eigenvalue weighted by Crippen LogP contribution is 2.32. The summed E-state index contributed by atoms with van der Waals surface area (Å²) >= 11 is 0. The Balaban J connectivity index is 1.56. The van der Waals surface area contributed by atoms with Gasteiger partial charge in [0.05, 0.1) is 12.3 Å². The fourth-order valence-corrected chi connectivity index (χ4v) is 2.72. The summed E-state index contributed by atoms with van der Waals surface area (Å²) < 4.78 is 10.5. The van der Waals surface area contributed by atoms with Gasteiger partial charge in [0.2, 0.25) is 6.79 Å². The maximum Gasteiger partial charge on any atom is 0.259 e. The quantitative estimate of drug-likeness (QED) is 0.570. The van der Waals surface area contributed by atoms with Crippen LogP contribution in [0.4, 0.5) is 0 Å². The lowest BCUT2D eigenvalue weighted by Gasteiger charge is -2.10. The molecule has 7 heteroatoms. The molecule has 0 saturated heterocycles. The van der Waals surface area contributed by atoms with E-state index < -0.39 is 5.91 Å². The molecule has 0 unspecified atom stereocenters. The van der Waals surface area contributed by atoms with Crippen LogP contribution in [0, 0.1) is 5.92 Å². The van der Waals surface area contributed by atoms with Crippen molar-refractivity contribution < 1.29 is 19.1 Å². The Labute approximate surface area is 163 Å². The molecular weight excluding hydrogens is 358 g/mol. The molecule has 2 N–H and O–H groups in total. The smallest absolute Gasteiger partial charge is 0.259 e. The summed E-state index contributed by atoms with van der Waals surface area (Å²) in [6, 6.07) is 14.6. The van der Waals surface area contributed by atoms with Gasteiger partial charge in [-0.1, -0.05) is 44.2 Å². The predicted octanol–water partition coefficient (Wildman–Crippen LogP) is 2.71. The standard InChI is InChI=1S/C21H23N3O4/c1-14(2)10-17(15-6-4-3-5-7-15)23-24-20(25)12-22-21(26)16-8-9-18-19(11-16)28-13-27-18/h3-9,11,14H,10,12-13H2,1-2H3,(H,22,26)(H,24,25)/b23-17-. The third-order valence-corrected chi connectivity index (χ3v) is 4.07. The van der Waals surface area contributed by atoms with Gasteiger partial charge in [-0.3, -0.25) is 9.59 Å². The monoisotopic (exact) mass is 381 g/mol. The lowest BCUT2D eigenvalue weighted by molar-refractivity contribution is -0.120. The van der Waals surface area contributed by atoms with E-state index in [2.05, 4.69) is 29.7 Å². The summed E-state index contributed by atoms with van der Waals surface area (Å²) in [7, 11) is 0. The minimum absolute atomic E-state index is 0.140. The normalized spacial score (nSPS) is 12.8. The molecule has 0 aliphatic carbocycles. The third kappa shape index (κ3) is 5.09. The Morgan fingerprint density at radius 3 is 2.54 bits per heavy atom.